The molecule has 1 N–H and O–H groups in total. The maximum absolute atomic E-state index is 6.47. The summed E-state index contributed by atoms with van der Waals surface area (Å²) in [5.41, 5.74) is 0. The minimum absolute atomic E-state index is 1.36. The second-order valence-corrected chi connectivity index (χ2v) is 1.71. The fraction of sp³-hybridized carbons (Fsp3) is 1.00. The molecule has 0 rings (SSSR count). The average Bonchev–Trinajstić information content (AvgIpc) is 1.88. The molecule has 0 amide bonds. The minimum Gasteiger partial charge on any atom is -0.295 e. The third kappa shape index (κ3) is 16.3. The van der Waals surface area contributed by atoms with Gasteiger partial charge in [0.25, 0.3) is 0 Å². The Kier molecular flexibility index (Phi) is 21.8. The van der Waals surface area contributed by atoms with Crippen molar-refractivity contribution in [1.29, 1.82) is 0 Å². The van der Waals surface area contributed by atoms with Gasteiger partial charge in [-0.15, -0.1) is 0 Å². The van der Waals surface area contributed by atoms with Gasteiger partial charge in [0.2, 0.25) is 0 Å². The molecular formula is C6H15ClO. The lowest BCUT2D eigenvalue weighted by Crippen LogP contribution is -1.66. The molecule has 0 unspecified atom stereocenters. The molecule has 0 saturated heterocycles. The molecule has 0 heterocycles. The zero-order valence-corrected chi connectivity index (χ0v) is 6.41. The normalized spacial score (nSPS) is 7.50. The summed E-state index contributed by atoms with van der Waals surface area (Å²) in [5.74, 6) is 0. The Balaban J connectivity index is 0. The summed E-state index contributed by atoms with van der Waals surface area (Å²) < 4.78 is 6.47. The van der Waals surface area contributed by atoms with Crippen LogP contribution in [-0.2, 0) is 0 Å². The highest BCUT2D eigenvalue weighted by Crippen LogP contribution is 1.95. The highest BCUT2D eigenvalue weighted by atomic mass is 35.5. The van der Waals surface area contributed by atoms with Crippen LogP contribution >= 0.6 is 11.9 Å². The van der Waals surface area contributed by atoms with Crippen molar-refractivity contribution >= 4 is 11.9 Å². The molecule has 0 atom stereocenters. The highest BCUT2D eigenvalue weighted by molar-refractivity contribution is 6.04. The quantitative estimate of drug-likeness (QED) is 0.595. The summed E-state index contributed by atoms with van der Waals surface area (Å²) in [6.07, 6.45) is 5.54. The van der Waals surface area contributed by atoms with E-state index in [1.165, 1.54) is 25.7 Å². The Morgan fingerprint density at radius 1 is 1.00 bits per heavy atom. The Labute approximate surface area is 56.8 Å². The van der Waals surface area contributed by atoms with Gasteiger partial charge in [-0.3, -0.25) is 4.66 Å². The van der Waals surface area contributed by atoms with E-state index in [4.69, 9.17) is 4.66 Å². The maximum Gasteiger partial charge on any atom is 0.0579 e. The predicted molar refractivity (Wildman–Crippen MR) is 37.9 cm³/mol. The largest absolute Gasteiger partial charge is 0.295 e. The first kappa shape index (κ1) is 11.1. The SMILES string of the molecule is CCCCCC.OCl. The number of unbranched alkanes of at least 4 members (excludes halogenated alkanes) is 3. The Morgan fingerprint density at radius 3 is 1.38 bits per heavy atom. The molecule has 52 valence electrons. The van der Waals surface area contributed by atoms with Gasteiger partial charge < -0.3 is 0 Å². The molecule has 0 aromatic rings. The van der Waals surface area contributed by atoms with Crippen LogP contribution in [0.4, 0.5) is 0 Å². The molecule has 0 aliphatic heterocycles. The van der Waals surface area contributed by atoms with Crippen LogP contribution in [0.3, 0.4) is 0 Å². The molecule has 2 heteroatoms. The van der Waals surface area contributed by atoms with Crippen LogP contribution in [0, 0.1) is 0 Å². The molecule has 0 aliphatic carbocycles. The molecule has 0 aliphatic rings. The molecule has 8 heavy (non-hydrogen) atoms. The lowest BCUT2D eigenvalue weighted by molar-refractivity contribution is 0.632. The molecule has 0 fully saturated rings. The molecule has 0 saturated carbocycles. The average molecular weight is 139 g/mol. The van der Waals surface area contributed by atoms with E-state index in [0.717, 1.165) is 0 Å². The van der Waals surface area contributed by atoms with Crippen molar-refractivity contribution in [1.82, 2.24) is 0 Å². The zero-order chi connectivity index (χ0) is 6.83. The van der Waals surface area contributed by atoms with Crippen LogP contribution in [0.15, 0.2) is 0 Å². The lowest BCUT2D eigenvalue weighted by Gasteiger charge is -1.86. The van der Waals surface area contributed by atoms with Crippen molar-refractivity contribution in [3.05, 3.63) is 0 Å². The molecular weight excluding hydrogens is 124 g/mol. The van der Waals surface area contributed by atoms with Crippen LogP contribution in [-0.4, -0.2) is 4.66 Å². The van der Waals surface area contributed by atoms with Gasteiger partial charge in [-0.1, -0.05) is 39.5 Å². The fourth-order valence-corrected chi connectivity index (χ4v) is 0.500. The Hall–Kier alpha value is 0.250. The fourth-order valence-electron chi connectivity index (χ4n) is 0.500. The van der Waals surface area contributed by atoms with Crippen molar-refractivity contribution in [2.75, 3.05) is 0 Å². The van der Waals surface area contributed by atoms with Gasteiger partial charge >= 0.3 is 0 Å². The van der Waals surface area contributed by atoms with Crippen molar-refractivity contribution < 1.29 is 4.66 Å². The minimum atomic E-state index is 1.36. The van der Waals surface area contributed by atoms with Crippen LogP contribution in [0.25, 0.3) is 0 Å². The van der Waals surface area contributed by atoms with Gasteiger partial charge in [-0.05, 0) is 0 Å². The standard InChI is InChI=1S/C6H14.ClHO/c1-3-5-6-4-2;1-2/h3-6H2,1-2H3;2H. The topological polar surface area (TPSA) is 20.2 Å². The van der Waals surface area contributed by atoms with Gasteiger partial charge in [0.05, 0.1) is 11.9 Å². The van der Waals surface area contributed by atoms with E-state index in [1.807, 2.05) is 0 Å². The summed E-state index contributed by atoms with van der Waals surface area (Å²) in [6.45, 7) is 4.46. The van der Waals surface area contributed by atoms with Crippen molar-refractivity contribution in [3.8, 4) is 0 Å². The lowest BCUT2D eigenvalue weighted by atomic mass is 10.2. The summed E-state index contributed by atoms with van der Waals surface area (Å²) >= 11 is 3.64. The summed E-state index contributed by atoms with van der Waals surface area (Å²) in [5, 5.41) is 0. The second-order valence-electron chi connectivity index (χ2n) is 1.71. The van der Waals surface area contributed by atoms with Crippen LogP contribution in [0.2, 0.25) is 0 Å². The molecule has 0 aromatic heterocycles. The van der Waals surface area contributed by atoms with E-state index in [0.29, 0.717) is 0 Å². The summed E-state index contributed by atoms with van der Waals surface area (Å²) in [4.78, 5) is 0. The van der Waals surface area contributed by atoms with E-state index >= 15 is 0 Å². The van der Waals surface area contributed by atoms with Crippen LogP contribution < -0.4 is 0 Å². The van der Waals surface area contributed by atoms with Crippen molar-refractivity contribution in [2.24, 2.45) is 0 Å². The first-order valence-corrected chi connectivity index (χ1v) is 3.42. The van der Waals surface area contributed by atoms with E-state index in [9.17, 15) is 0 Å². The first-order chi connectivity index (χ1) is 3.91. The Bertz CT molecular complexity index is 20.5. The van der Waals surface area contributed by atoms with E-state index in [2.05, 4.69) is 25.7 Å². The summed E-state index contributed by atoms with van der Waals surface area (Å²) in [7, 11) is 0. The molecule has 1 nitrogen and oxygen atoms in total. The zero-order valence-electron chi connectivity index (χ0n) is 5.65. The number of hydrogen-bond acceptors (Lipinski definition) is 1. The van der Waals surface area contributed by atoms with Gasteiger partial charge in [0.15, 0.2) is 0 Å². The molecule has 0 aromatic carbocycles. The van der Waals surface area contributed by atoms with Gasteiger partial charge in [0, 0.05) is 0 Å². The van der Waals surface area contributed by atoms with Crippen molar-refractivity contribution in [3.63, 3.8) is 0 Å². The number of hydrogen-bond donors (Lipinski definition) is 1. The third-order valence-electron chi connectivity index (χ3n) is 0.957. The number of halogens is 1. The molecule has 0 spiro atoms. The first-order valence-electron chi connectivity index (χ1n) is 3.08. The Morgan fingerprint density at radius 2 is 1.25 bits per heavy atom. The highest BCUT2D eigenvalue weighted by Gasteiger charge is 1.75. The number of rotatable bonds is 3. The van der Waals surface area contributed by atoms with E-state index in [-0.39, 0.29) is 0 Å². The predicted octanol–water partition coefficient (Wildman–Crippen LogP) is 2.72. The van der Waals surface area contributed by atoms with Gasteiger partial charge in [-0.2, -0.15) is 0 Å². The smallest absolute Gasteiger partial charge is 0.0579 e. The van der Waals surface area contributed by atoms with E-state index < -0.39 is 0 Å². The van der Waals surface area contributed by atoms with Crippen molar-refractivity contribution in [2.45, 2.75) is 39.5 Å². The van der Waals surface area contributed by atoms with Crippen LogP contribution in [0.1, 0.15) is 39.5 Å². The van der Waals surface area contributed by atoms with Gasteiger partial charge in [0.1, 0.15) is 0 Å². The van der Waals surface area contributed by atoms with E-state index in [1.54, 1.807) is 0 Å². The molecule has 0 bridgehead atoms. The monoisotopic (exact) mass is 138 g/mol. The van der Waals surface area contributed by atoms with Crippen LogP contribution in [0.5, 0.6) is 0 Å². The maximum atomic E-state index is 6.47. The summed E-state index contributed by atoms with van der Waals surface area (Å²) in [6, 6.07) is 0. The third-order valence-corrected chi connectivity index (χ3v) is 0.957. The second kappa shape index (κ2) is 15.7. The molecule has 0 radical (unpaired) electrons. The van der Waals surface area contributed by atoms with Gasteiger partial charge in [-0.25, -0.2) is 0 Å².